The number of ether oxygens (including phenoxy) is 1. The molecule has 0 radical (unpaired) electrons. The van der Waals surface area contributed by atoms with Gasteiger partial charge in [0.25, 0.3) is 5.91 Å². The third-order valence-electron chi connectivity index (χ3n) is 2.46. The van der Waals surface area contributed by atoms with E-state index in [1.165, 1.54) is 0 Å². The molecule has 100 valence electrons. The number of alkyl halides is 1. The first-order chi connectivity index (χ1) is 8.54. The zero-order valence-electron chi connectivity index (χ0n) is 10.9. The van der Waals surface area contributed by atoms with Crippen LogP contribution in [0.4, 0.5) is 5.69 Å². The average molecular weight is 271 g/mol. The van der Waals surface area contributed by atoms with E-state index in [9.17, 15) is 4.79 Å². The van der Waals surface area contributed by atoms with E-state index in [-0.39, 0.29) is 11.3 Å². The minimum Gasteiger partial charge on any atom is -0.383 e. The first kappa shape index (κ1) is 14.8. The number of amides is 1. The van der Waals surface area contributed by atoms with Gasteiger partial charge in [-0.25, -0.2) is 0 Å². The maximum absolute atomic E-state index is 11.9. The third kappa shape index (κ3) is 4.55. The smallest absolute Gasteiger partial charge is 0.251 e. The predicted octanol–water partition coefficient (Wildman–Crippen LogP) is 1.74. The van der Waals surface area contributed by atoms with E-state index in [1.807, 2.05) is 37.2 Å². The number of carbonyl (C=O) groups is 1. The highest BCUT2D eigenvalue weighted by atomic mass is 35.5. The van der Waals surface area contributed by atoms with Gasteiger partial charge in [-0.1, -0.05) is 6.07 Å². The molecule has 5 heteroatoms. The summed E-state index contributed by atoms with van der Waals surface area (Å²) in [5, 5.41) is 2.57. The van der Waals surface area contributed by atoms with Crippen molar-refractivity contribution in [1.82, 2.24) is 5.32 Å². The summed E-state index contributed by atoms with van der Waals surface area (Å²) in [5.74, 6) is -0.125. The maximum atomic E-state index is 11.9. The summed E-state index contributed by atoms with van der Waals surface area (Å²) >= 11 is 5.95. The zero-order valence-corrected chi connectivity index (χ0v) is 11.7. The van der Waals surface area contributed by atoms with Crippen molar-refractivity contribution in [2.24, 2.45) is 0 Å². The summed E-state index contributed by atoms with van der Waals surface area (Å²) in [6.07, 6.45) is 0. The molecular formula is C13H19ClN2O2. The second kappa shape index (κ2) is 7.24. The quantitative estimate of drug-likeness (QED) is 0.801. The Morgan fingerprint density at radius 3 is 2.83 bits per heavy atom. The number of nitrogens with zero attached hydrogens (tertiary/aromatic N) is 1. The maximum Gasteiger partial charge on any atom is 0.251 e. The van der Waals surface area contributed by atoms with Gasteiger partial charge < -0.3 is 15.0 Å². The Labute approximate surface area is 113 Å². The summed E-state index contributed by atoms with van der Waals surface area (Å²) in [5.41, 5.74) is 1.62. The van der Waals surface area contributed by atoms with Gasteiger partial charge >= 0.3 is 0 Å². The number of carbonyl (C=O) groups excluding carboxylic acids is 1. The molecule has 0 heterocycles. The van der Waals surface area contributed by atoms with Crippen molar-refractivity contribution < 1.29 is 9.53 Å². The number of anilines is 1. The van der Waals surface area contributed by atoms with Crippen LogP contribution in [0.3, 0.4) is 0 Å². The van der Waals surface area contributed by atoms with E-state index in [4.69, 9.17) is 16.3 Å². The zero-order chi connectivity index (χ0) is 13.5. The lowest BCUT2D eigenvalue weighted by atomic mass is 10.2. The summed E-state index contributed by atoms with van der Waals surface area (Å²) < 4.78 is 4.90. The number of hydrogen-bond donors (Lipinski definition) is 1. The molecule has 0 fully saturated rings. The predicted molar refractivity (Wildman–Crippen MR) is 74.6 cm³/mol. The number of nitrogens with one attached hydrogen (secondary N) is 1. The van der Waals surface area contributed by atoms with Crippen LogP contribution < -0.4 is 10.2 Å². The molecule has 1 aromatic carbocycles. The van der Waals surface area contributed by atoms with Crippen molar-refractivity contribution in [2.45, 2.75) is 5.38 Å². The van der Waals surface area contributed by atoms with Crippen LogP contribution in [0.2, 0.25) is 0 Å². The lowest BCUT2D eigenvalue weighted by Crippen LogP contribution is -2.31. The molecule has 0 aliphatic heterocycles. The van der Waals surface area contributed by atoms with Crippen molar-refractivity contribution in [3.8, 4) is 0 Å². The minimum atomic E-state index is -0.212. The first-order valence-corrected chi connectivity index (χ1v) is 6.17. The van der Waals surface area contributed by atoms with E-state index < -0.39 is 0 Å². The van der Waals surface area contributed by atoms with Crippen LogP contribution in [-0.2, 0) is 4.74 Å². The molecule has 0 spiro atoms. The Hall–Kier alpha value is -1.26. The SMILES string of the molecule is COCC(Cl)CNC(=O)c1cccc(N(C)C)c1. The van der Waals surface area contributed by atoms with Crippen molar-refractivity contribution in [3.05, 3.63) is 29.8 Å². The lowest BCUT2D eigenvalue weighted by molar-refractivity contribution is 0.0949. The van der Waals surface area contributed by atoms with E-state index in [0.29, 0.717) is 18.7 Å². The number of hydrogen-bond acceptors (Lipinski definition) is 3. The highest BCUT2D eigenvalue weighted by Crippen LogP contribution is 2.13. The van der Waals surface area contributed by atoms with Crippen molar-refractivity contribution in [1.29, 1.82) is 0 Å². The lowest BCUT2D eigenvalue weighted by Gasteiger charge is -2.14. The number of halogens is 1. The topological polar surface area (TPSA) is 41.6 Å². The molecule has 0 saturated carbocycles. The van der Waals surface area contributed by atoms with Crippen LogP contribution in [0.5, 0.6) is 0 Å². The van der Waals surface area contributed by atoms with Gasteiger partial charge in [0.2, 0.25) is 0 Å². The van der Waals surface area contributed by atoms with Gasteiger partial charge in [0.1, 0.15) is 0 Å². The van der Waals surface area contributed by atoms with Gasteiger partial charge in [0.15, 0.2) is 0 Å². The number of rotatable bonds is 6. The normalized spacial score (nSPS) is 12.0. The molecule has 0 saturated heterocycles. The molecular weight excluding hydrogens is 252 g/mol. The Morgan fingerprint density at radius 2 is 2.22 bits per heavy atom. The molecule has 1 rings (SSSR count). The van der Waals surface area contributed by atoms with Gasteiger partial charge in [-0.2, -0.15) is 0 Å². The van der Waals surface area contributed by atoms with Gasteiger partial charge in [-0.05, 0) is 18.2 Å². The van der Waals surface area contributed by atoms with E-state index >= 15 is 0 Å². The van der Waals surface area contributed by atoms with Crippen molar-refractivity contribution in [2.75, 3.05) is 39.3 Å². The number of benzene rings is 1. The molecule has 0 aromatic heterocycles. The summed E-state index contributed by atoms with van der Waals surface area (Å²) in [6.45, 7) is 0.806. The fraction of sp³-hybridized carbons (Fsp3) is 0.462. The largest absolute Gasteiger partial charge is 0.383 e. The average Bonchev–Trinajstić information content (AvgIpc) is 2.36. The summed E-state index contributed by atoms with van der Waals surface area (Å²) in [7, 11) is 5.45. The second-order valence-corrected chi connectivity index (χ2v) is 4.82. The van der Waals surface area contributed by atoms with Gasteiger partial charge in [-0.15, -0.1) is 11.6 Å². The molecule has 1 amide bonds. The van der Waals surface area contributed by atoms with Crippen molar-refractivity contribution in [3.63, 3.8) is 0 Å². The Morgan fingerprint density at radius 1 is 1.50 bits per heavy atom. The Bertz CT molecular complexity index is 396. The molecule has 0 bridgehead atoms. The van der Waals surface area contributed by atoms with Gasteiger partial charge in [0.05, 0.1) is 12.0 Å². The fourth-order valence-corrected chi connectivity index (χ4v) is 1.67. The molecule has 1 atom stereocenters. The van der Waals surface area contributed by atoms with Crippen LogP contribution in [0.1, 0.15) is 10.4 Å². The molecule has 0 aliphatic carbocycles. The molecule has 1 unspecified atom stereocenters. The molecule has 4 nitrogen and oxygen atoms in total. The van der Waals surface area contributed by atoms with Crippen LogP contribution in [-0.4, -0.2) is 45.6 Å². The highest BCUT2D eigenvalue weighted by Gasteiger charge is 2.09. The van der Waals surface area contributed by atoms with Crippen LogP contribution >= 0.6 is 11.6 Å². The highest BCUT2D eigenvalue weighted by molar-refractivity contribution is 6.21. The number of methoxy groups -OCH3 is 1. The van der Waals surface area contributed by atoms with Crippen molar-refractivity contribution >= 4 is 23.2 Å². The Balaban J connectivity index is 2.58. The third-order valence-corrected chi connectivity index (χ3v) is 2.74. The molecule has 18 heavy (non-hydrogen) atoms. The van der Waals surface area contributed by atoms with E-state index in [2.05, 4.69) is 5.32 Å². The van der Waals surface area contributed by atoms with Crippen LogP contribution in [0, 0.1) is 0 Å². The van der Waals surface area contributed by atoms with Gasteiger partial charge in [0, 0.05) is 39.0 Å². The Kier molecular flexibility index (Phi) is 5.95. The fourth-order valence-electron chi connectivity index (χ4n) is 1.47. The standard InChI is InChI=1S/C13H19ClN2O2/c1-16(2)12-6-4-5-10(7-12)13(17)15-8-11(14)9-18-3/h4-7,11H,8-9H2,1-3H3,(H,15,17). The second-order valence-electron chi connectivity index (χ2n) is 4.21. The molecule has 0 aliphatic rings. The summed E-state index contributed by atoms with van der Waals surface area (Å²) in [4.78, 5) is 13.8. The first-order valence-electron chi connectivity index (χ1n) is 5.73. The van der Waals surface area contributed by atoms with Crippen LogP contribution in [0.15, 0.2) is 24.3 Å². The van der Waals surface area contributed by atoms with Crippen LogP contribution in [0.25, 0.3) is 0 Å². The van der Waals surface area contributed by atoms with Gasteiger partial charge in [-0.3, -0.25) is 4.79 Å². The van der Waals surface area contributed by atoms with E-state index in [1.54, 1.807) is 13.2 Å². The molecule has 1 aromatic rings. The molecule has 1 N–H and O–H groups in total. The monoisotopic (exact) mass is 270 g/mol. The minimum absolute atomic E-state index is 0.125. The van der Waals surface area contributed by atoms with E-state index in [0.717, 1.165) is 5.69 Å². The summed E-state index contributed by atoms with van der Waals surface area (Å²) in [6, 6.07) is 7.43.